The summed E-state index contributed by atoms with van der Waals surface area (Å²) in [6.07, 6.45) is 0. The van der Waals surface area contributed by atoms with Crippen LogP contribution >= 0.6 is 0 Å². The third kappa shape index (κ3) is 3.90. The lowest BCUT2D eigenvalue weighted by molar-refractivity contribution is -0.124. The van der Waals surface area contributed by atoms with Crippen molar-refractivity contribution < 1.29 is 4.79 Å². The lowest BCUT2D eigenvalue weighted by atomic mass is 10.1. The Morgan fingerprint density at radius 2 is 2.05 bits per heavy atom. The standard InChI is InChI=1S/C17H17N3O/c1-12(2)17(21)19-11-15-7-4-8-16(20-15)14-6-3-5-13(9-14)10-18/h3-9,12H,11H2,1-2H3,(H,19,21). The second kappa shape index (κ2) is 6.67. The van der Waals surface area contributed by atoms with Gasteiger partial charge in [0.1, 0.15) is 0 Å². The number of benzene rings is 1. The van der Waals surface area contributed by atoms with Crippen LogP contribution in [0.4, 0.5) is 0 Å². The highest BCUT2D eigenvalue weighted by molar-refractivity contribution is 5.77. The van der Waals surface area contributed by atoms with Crippen LogP contribution in [-0.2, 0) is 11.3 Å². The van der Waals surface area contributed by atoms with Crippen LogP contribution in [-0.4, -0.2) is 10.9 Å². The second-order valence-electron chi connectivity index (χ2n) is 5.08. The molecule has 106 valence electrons. The van der Waals surface area contributed by atoms with Crippen molar-refractivity contribution in [1.29, 1.82) is 5.26 Å². The molecule has 1 heterocycles. The zero-order chi connectivity index (χ0) is 15.2. The summed E-state index contributed by atoms with van der Waals surface area (Å²) in [6.45, 7) is 4.11. The molecular formula is C17H17N3O. The molecule has 4 nitrogen and oxygen atoms in total. The summed E-state index contributed by atoms with van der Waals surface area (Å²) in [5, 5.41) is 11.8. The van der Waals surface area contributed by atoms with Gasteiger partial charge in [-0.25, -0.2) is 0 Å². The number of carbonyl (C=O) groups excluding carboxylic acids is 1. The van der Waals surface area contributed by atoms with E-state index in [4.69, 9.17) is 5.26 Å². The van der Waals surface area contributed by atoms with Gasteiger partial charge in [0, 0.05) is 11.5 Å². The van der Waals surface area contributed by atoms with E-state index in [0.29, 0.717) is 12.1 Å². The summed E-state index contributed by atoms with van der Waals surface area (Å²) in [7, 11) is 0. The van der Waals surface area contributed by atoms with Crippen LogP contribution in [0.5, 0.6) is 0 Å². The van der Waals surface area contributed by atoms with Gasteiger partial charge in [0.25, 0.3) is 0 Å². The number of hydrogen-bond donors (Lipinski definition) is 1. The maximum Gasteiger partial charge on any atom is 0.222 e. The van der Waals surface area contributed by atoms with Gasteiger partial charge < -0.3 is 5.32 Å². The fourth-order valence-electron chi connectivity index (χ4n) is 1.87. The highest BCUT2D eigenvalue weighted by Crippen LogP contribution is 2.18. The maximum atomic E-state index is 11.6. The monoisotopic (exact) mass is 279 g/mol. The van der Waals surface area contributed by atoms with Crippen LogP contribution < -0.4 is 5.32 Å². The third-order valence-corrected chi connectivity index (χ3v) is 3.06. The Balaban J connectivity index is 2.17. The second-order valence-corrected chi connectivity index (χ2v) is 5.08. The smallest absolute Gasteiger partial charge is 0.222 e. The number of nitrogens with one attached hydrogen (secondary N) is 1. The van der Waals surface area contributed by atoms with Crippen LogP contribution in [0.3, 0.4) is 0 Å². The van der Waals surface area contributed by atoms with Crippen molar-refractivity contribution in [2.75, 3.05) is 0 Å². The molecule has 2 rings (SSSR count). The molecule has 0 saturated carbocycles. The first-order valence-electron chi connectivity index (χ1n) is 6.84. The molecule has 1 N–H and O–H groups in total. The number of hydrogen-bond acceptors (Lipinski definition) is 3. The lowest BCUT2D eigenvalue weighted by Crippen LogP contribution is -2.27. The normalized spacial score (nSPS) is 10.2. The number of nitrogens with zero attached hydrogens (tertiary/aromatic N) is 2. The minimum atomic E-state index is -0.0412. The van der Waals surface area contributed by atoms with Crippen LogP contribution in [0.25, 0.3) is 11.3 Å². The molecule has 0 bridgehead atoms. The Kier molecular flexibility index (Phi) is 4.68. The zero-order valence-corrected chi connectivity index (χ0v) is 12.1. The van der Waals surface area contributed by atoms with Crippen molar-refractivity contribution in [2.24, 2.45) is 5.92 Å². The average molecular weight is 279 g/mol. The van der Waals surface area contributed by atoms with E-state index in [-0.39, 0.29) is 11.8 Å². The van der Waals surface area contributed by atoms with Crippen molar-refractivity contribution >= 4 is 5.91 Å². The molecule has 1 aromatic carbocycles. The molecule has 0 unspecified atom stereocenters. The first-order chi connectivity index (χ1) is 10.1. The zero-order valence-electron chi connectivity index (χ0n) is 12.1. The number of carbonyl (C=O) groups is 1. The topological polar surface area (TPSA) is 65.8 Å². The van der Waals surface area contributed by atoms with Crippen LogP contribution in [0.15, 0.2) is 42.5 Å². The quantitative estimate of drug-likeness (QED) is 0.935. The summed E-state index contributed by atoms with van der Waals surface area (Å²) in [5.74, 6) is -0.0332. The van der Waals surface area contributed by atoms with E-state index in [9.17, 15) is 4.79 Å². The minimum absolute atomic E-state index is 0.00804. The van der Waals surface area contributed by atoms with Crippen LogP contribution in [0.1, 0.15) is 25.1 Å². The van der Waals surface area contributed by atoms with Crippen molar-refractivity contribution in [3.8, 4) is 17.3 Å². The lowest BCUT2D eigenvalue weighted by Gasteiger charge is -2.08. The molecule has 0 radical (unpaired) electrons. The van der Waals surface area contributed by atoms with Crippen LogP contribution in [0, 0.1) is 17.2 Å². The molecule has 1 amide bonds. The van der Waals surface area contributed by atoms with Gasteiger partial charge in [-0.1, -0.05) is 32.0 Å². The highest BCUT2D eigenvalue weighted by Gasteiger charge is 2.07. The Bertz CT molecular complexity index is 686. The number of pyridine rings is 1. The molecule has 0 aliphatic carbocycles. The Morgan fingerprint density at radius 1 is 1.29 bits per heavy atom. The summed E-state index contributed by atoms with van der Waals surface area (Å²) < 4.78 is 0. The van der Waals surface area contributed by atoms with Gasteiger partial charge >= 0.3 is 0 Å². The Hall–Kier alpha value is -2.67. The molecular weight excluding hydrogens is 262 g/mol. The number of amides is 1. The largest absolute Gasteiger partial charge is 0.350 e. The summed E-state index contributed by atoms with van der Waals surface area (Å²) in [6, 6.07) is 15.1. The molecule has 0 fully saturated rings. The fraction of sp³-hybridized carbons (Fsp3) is 0.235. The molecule has 1 aromatic heterocycles. The van der Waals surface area contributed by atoms with Crippen molar-refractivity contribution in [2.45, 2.75) is 20.4 Å². The van der Waals surface area contributed by atoms with Gasteiger partial charge in [0.05, 0.1) is 29.6 Å². The van der Waals surface area contributed by atoms with E-state index in [1.54, 1.807) is 12.1 Å². The molecule has 21 heavy (non-hydrogen) atoms. The first kappa shape index (κ1) is 14.7. The molecule has 0 atom stereocenters. The van der Waals surface area contributed by atoms with Gasteiger partial charge in [-0.3, -0.25) is 9.78 Å². The minimum Gasteiger partial charge on any atom is -0.350 e. The Labute approximate surface area is 124 Å². The van der Waals surface area contributed by atoms with Gasteiger partial charge in [0.15, 0.2) is 0 Å². The van der Waals surface area contributed by atoms with Gasteiger partial charge in [-0.05, 0) is 24.3 Å². The maximum absolute atomic E-state index is 11.6. The first-order valence-corrected chi connectivity index (χ1v) is 6.84. The summed E-state index contributed by atoms with van der Waals surface area (Å²) in [4.78, 5) is 16.1. The Morgan fingerprint density at radius 3 is 2.76 bits per heavy atom. The number of nitriles is 1. The molecule has 0 aliphatic rings. The number of aromatic nitrogens is 1. The van der Waals surface area contributed by atoms with Gasteiger partial charge in [-0.15, -0.1) is 0 Å². The van der Waals surface area contributed by atoms with Gasteiger partial charge in [-0.2, -0.15) is 5.26 Å². The van der Waals surface area contributed by atoms with Crippen molar-refractivity contribution in [3.05, 3.63) is 53.7 Å². The SMILES string of the molecule is CC(C)C(=O)NCc1cccc(-c2cccc(C#N)c2)n1. The van der Waals surface area contributed by atoms with Crippen LogP contribution in [0.2, 0.25) is 0 Å². The average Bonchev–Trinajstić information content (AvgIpc) is 2.52. The predicted molar refractivity (Wildman–Crippen MR) is 81.1 cm³/mol. The molecule has 0 spiro atoms. The van der Waals surface area contributed by atoms with Crippen molar-refractivity contribution in [3.63, 3.8) is 0 Å². The summed E-state index contributed by atoms with van der Waals surface area (Å²) >= 11 is 0. The summed E-state index contributed by atoms with van der Waals surface area (Å²) in [5.41, 5.74) is 3.09. The van der Waals surface area contributed by atoms with E-state index in [0.717, 1.165) is 17.0 Å². The fourth-order valence-corrected chi connectivity index (χ4v) is 1.87. The van der Waals surface area contributed by atoms with Gasteiger partial charge in [0.2, 0.25) is 5.91 Å². The molecule has 2 aromatic rings. The van der Waals surface area contributed by atoms with Crippen molar-refractivity contribution in [1.82, 2.24) is 10.3 Å². The van der Waals surface area contributed by atoms with E-state index >= 15 is 0 Å². The van der Waals surface area contributed by atoms with E-state index in [1.165, 1.54) is 0 Å². The molecule has 0 saturated heterocycles. The highest BCUT2D eigenvalue weighted by atomic mass is 16.1. The van der Waals surface area contributed by atoms with E-state index < -0.39 is 0 Å². The number of rotatable bonds is 4. The van der Waals surface area contributed by atoms with E-state index in [2.05, 4.69) is 16.4 Å². The molecule has 4 heteroatoms. The van der Waals surface area contributed by atoms with E-state index in [1.807, 2.05) is 44.2 Å². The predicted octanol–water partition coefficient (Wildman–Crippen LogP) is 2.89. The molecule has 0 aliphatic heterocycles. The third-order valence-electron chi connectivity index (χ3n) is 3.06.